The van der Waals surface area contributed by atoms with Crippen molar-refractivity contribution in [3.63, 3.8) is 0 Å². The Morgan fingerprint density at radius 1 is 1.35 bits per heavy atom. The minimum absolute atomic E-state index is 0.127. The number of benzene rings is 1. The van der Waals surface area contributed by atoms with Gasteiger partial charge in [0.25, 0.3) is 0 Å². The summed E-state index contributed by atoms with van der Waals surface area (Å²) in [5, 5.41) is 21.4. The highest BCUT2D eigenvalue weighted by molar-refractivity contribution is 14.1. The third kappa shape index (κ3) is 2.67. The van der Waals surface area contributed by atoms with Crippen molar-refractivity contribution in [2.24, 2.45) is 17.3 Å². The normalized spacial score (nSPS) is 41.7. The number of phenolic OH excluding ortho intramolecular Hbond substituents is 1. The minimum Gasteiger partial charge on any atom is -0.508 e. The largest absolute Gasteiger partial charge is 0.508 e. The van der Waals surface area contributed by atoms with Gasteiger partial charge in [-0.3, -0.25) is 0 Å². The lowest BCUT2D eigenvalue weighted by atomic mass is 9.52. The van der Waals surface area contributed by atoms with Crippen LogP contribution in [0.25, 0.3) is 0 Å². The Hall–Kier alpha value is -0.590. The fraction of sp³-hybridized carbons (Fsp3) is 0.636. The van der Waals surface area contributed by atoms with Gasteiger partial charge < -0.3 is 14.9 Å². The van der Waals surface area contributed by atoms with Crippen LogP contribution >= 0.6 is 22.6 Å². The average molecular weight is 468 g/mol. The third-order valence-electron chi connectivity index (χ3n) is 7.60. The number of hydrogen-bond acceptors (Lipinski definition) is 3. The van der Waals surface area contributed by atoms with Gasteiger partial charge >= 0.3 is 0 Å². The molecular weight excluding hydrogens is 439 g/mol. The summed E-state index contributed by atoms with van der Waals surface area (Å²) >= 11 is 2.22. The third-order valence-corrected chi connectivity index (χ3v) is 7.96. The van der Waals surface area contributed by atoms with Crippen LogP contribution in [0.15, 0.2) is 28.4 Å². The molecule has 0 aromatic heterocycles. The molecule has 6 atom stereocenters. The summed E-state index contributed by atoms with van der Waals surface area (Å²) in [5.74, 6) is 1.80. The Morgan fingerprint density at radius 2 is 2.15 bits per heavy atom. The van der Waals surface area contributed by atoms with Gasteiger partial charge in [0, 0.05) is 17.9 Å². The molecule has 3 aliphatic carbocycles. The summed E-state index contributed by atoms with van der Waals surface area (Å²) in [6, 6.07) is 5.87. The van der Waals surface area contributed by atoms with Gasteiger partial charge in [0.2, 0.25) is 0 Å². The lowest BCUT2D eigenvalue weighted by molar-refractivity contribution is -0.127. The van der Waals surface area contributed by atoms with E-state index >= 15 is 0 Å². The predicted molar refractivity (Wildman–Crippen MR) is 112 cm³/mol. The summed E-state index contributed by atoms with van der Waals surface area (Å²) in [5.41, 5.74) is 1.78. The Kier molecular flexibility index (Phi) is 4.89. The van der Waals surface area contributed by atoms with E-state index in [-0.39, 0.29) is 11.5 Å². The van der Waals surface area contributed by atoms with E-state index in [9.17, 15) is 10.2 Å². The van der Waals surface area contributed by atoms with Gasteiger partial charge in [0.1, 0.15) is 5.75 Å². The van der Waals surface area contributed by atoms with Crippen LogP contribution in [0, 0.1) is 17.3 Å². The van der Waals surface area contributed by atoms with Gasteiger partial charge in [-0.2, -0.15) is 0 Å². The van der Waals surface area contributed by atoms with Crippen molar-refractivity contribution < 1.29 is 14.9 Å². The zero-order chi connectivity index (χ0) is 18.5. The number of aliphatic hydroxyl groups is 1. The van der Waals surface area contributed by atoms with Crippen LogP contribution in [-0.4, -0.2) is 28.5 Å². The van der Waals surface area contributed by atoms with E-state index in [0.717, 1.165) is 32.1 Å². The number of rotatable bonds is 3. The van der Waals surface area contributed by atoms with Crippen molar-refractivity contribution >= 4 is 22.6 Å². The van der Waals surface area contributed by atoms with E-state index in [1.807, 2.05) is 22.3 Å². The second-order valence-corrected chi connectivity index (χ2v) is 9.31. The lowest BCUT2D eigenvalue weighted by Crippen LogP contribution is -2.54. The Morgan fingerprint density at radius 3 is 2.88 bits per heavy atom. The number of halogens is 1. The molecule has 3 nitrogen and oxygen atoms in total. The predicted octanol–water partition coefficient (Wildman–Crippen LogP) is 4.94. The van der Waals surface area contributed by atoms with E-state index in [1.54, 1.807) is 0 Å². The van der Waals surface area contributed by atoms with Crippen molar-refractivity contribution in [2.75, 3.05) is 6.61 Å². The van der Waals surface area contributed by atoms with Crippen LogP contribution in [0.3, 0.4) is 0 Å². The van der Waals surface area contributed by atoms with Gasteiger partial charge in [-0.05, 0) is 84.3 Å². The van der Waals surface area contributed by atoms with Crippen molar-refractivity contribution in [1.82, 2.24) is 0 Å². The number of ether oxygens (including phenoxy) is 1. The van der Waals surface area contributed by atoms with Crippen molar-refractivity contribution in [2.45, 2.75) is 63.6 Å². The molecule has 0 heterocycles. The number of fused-ring (bicyclic) bond motifs is 5. The van der Waals surface area contributed by atoms with E-state index in [0.29, 0.717) is 30.1 Å². The number of aryl methyl sites for hydroxylation is 1. The van der Waals surface area contributed by atoms with Gasteiger partial charge in [-0.15, -0.1) is 0 Å². The van der Waals surface area contributed by atoms with E-state index in [4.69, 9.17) is 4.74 Å². The fourth-order valence-electron chi connectivity index (χ4n) is 6.41. The number of hydrogen-bond donors (Lipinski definition) is 2. The highest BCUT2D eigenvalue weighted by Crippen LogP contribution is 2.65. The summed E-state index contributed by atoms with van der Waals surface area (Å²) < 4.78 is 8.26. The lowest BCUT2D eigenvalue weighted by Gasteiger charge is -2.55. The van der Waals surface area contributed by atoms with Crippen LogP contribution < -0.4 is 0 Å². The van der Waals surface area contributed by atoms with Gasteiger partial charge in [-0.25, -0.2) is 0 Å². The molecule has 4 heteroatoms. The molecule has 2 N–H and O–H groups in total. The second-order valence-electron chi connectivity index (χ2n) is 8.59. The Balaban J connectivity index is 1.78. The van der Waals surface area contributed by atoms with E-state index in [1.165, 1.54) is 11.1 Å². The minimum atomic E-state index is -0.728. The van der Waals surface area contributed by atoms with Crippen LogP contribution in [-0.2, 0) is 11.2 Å². The maximum Gasteiger partial charge on any atom is 0.115 e. The molecule has 0 saturated heterocycles. The molecule has 0 unspecified atom stereocenters. The summed E-state index contributed by atoms with van der Waals surface area (Å²) in [6.45, 7) is 5.05. The Bertz CT molecular complexity index is 717. The molecule has 142 valence electrons. The topological polar surface area (TPSA) is 49.7 Å². The molecule has 0 amide bonds. The molecule has 0 bridgehead atoms. The summed E-state index contributed by atoms with van der Waals surface area (Å²) in [4.78, 5) is 0. The first-order valence-corrected chi connectivity index (χ1v) is 11.1. The van der Waals surface area contributed by atoms with E-state index < -0.39 is 5.60 Å². The first-order chi connectivity index (χ1) is 12.4. The molecule has 3 aliphatic rings. The van der Waals surface area contributed by atoms with Crippen molar-refractivity contribution in [3.05, 3.63) is 39.5 Å². The summed E-state index contributed by atoms with van der Waals surface area (Å²) in [7, 11) is 0. The first-order valence-electron chi connectivity index (χ1n) is 9.87. The fourth-order valence-corrected chi connectivity index (χ4v) is 7.00. The van der Waals surface area contributed by atoms with Gasteiger partial charge in [0.15, 0.2) is 0 Å². The SMILES string of the molecule is CCO[C@H]1C[C@@]2(C)[C@@H](CC[C@@]2(O)/C=C\I)[C@@H]2CCc3cc(O)ccc3[C@H]21. The van der Waals surface area contributed by atoms with Crippen molar-refractivity contribution in [3.8, 4) is 5.75 Å². The Labute approximate surface area is 170 Å². The maximum absolute atomic E-state index is 11.5. The summed E-state index contributed by atoms with van der Waals surface area (Å²) in [6.07, 6.45) is 7.10. The van der Waals surface area contributed by atoms with Gasteiger partial charge in [-0.1, -0.05) is 35.6 Å². The molecular formula is C22H29IO3. The molecule has 1 aromatic carbocycles. The first kappa shape index (κ1) is 18.8. The standard InChI is InChI=1S/C22H29IO3/c1-3-26-19-13-21(2)18(8-9-22(21,25)10-11-23)17-6-4-14-12-15(24)5-7-16(14)20(17)19/h5,7,10-12,17-20,24-25H,3-4,6,8-9,13H2,1-2H3/b11-10-/t17-,18-,19-,20+,21-,22+/m0/s1. The zero-order valence-corrected chi connectivity index (χ0v) is 17.8. The molecule has 1 aromatic rings. The number of aromatic hydroxyl groups is 1. The molecule has 4 rings (SSSR count). The molecule has 2 fully saturated rings. The molecule has 0 spiro atoms. The quantitative estimate of drug-likeness (QED) is 0.618. The monoisotopic (exact) mass is 468 g/mol. The van der Waals surface area contributed by atoms with Gasteiger partial charge in [0.05, 0.1) is 11.7 Å². The van der Waals surface area contributed by atoms with Crippen LogP contribution in [0.2, 0.25) is 0 Å². The van der Waals surface area contributed by atoms with E-state index in [2.05, 4.69) is 42.5 Å². The molecule has 0 aliphatic heterocycles. The van der Waals surface area contributed by atoms with Crippen LogP contribution in [0.4, 0.5) is 0 Å². The highest BCUT2D eigenvalue weighted by atomic mass is 127. The maximum atomic E-state index is 11.5. The van der Waals surface area contributed by atoms with Crippen molar-refractivity contribution in [1.29, 1.82) is 0 Å². The molecule has 0 radical (unpaired) electrons. The second kappa shape index (κ2) is 6.78. The average Bonchev–Trinajstić information content (AvgIpc) is 2.86. The van der Waals surface area contributed by atoms with Crippen LogP contribution in [0.1, 0.15) is 56.6 Å². The molecule has 2 saturated carbocycles. The zero-order valence-electron chi connectivity index (χ0n) is 15.6. The smallest absolute Gasteiger partial charge is 0.115 e. The highest BCUT2D eigenvalue weighted by Gasteiger charge is 2.63. The molecule has 26 heavy (non-hydrogen) atoms. The van der Waals surface area contributed by atoms with Crippen LogP contribution in [0.5, 0.6) is 5.75 Å². The number of phenols is 1.